The van der Waals surface area contributed by atoms with Gasteiger partial charge in [-0.1, -0.05) is 24.8 Å². The van der Waals surface area contributed by atoms with Crippen molar-refractivity contribution in [2.75, 3.05) is 32.7 Å². The zero-order chi connectivity index (χ0) is 15.5. The van der Waals surface area contributed by atoms with Gasteiger partial charge in [-0.25, -0.2) is 4.98 Å². The molecule has 118 valence electrons. The molecule has 0 aromatic carbocycles. The van der Waals surface area contributed by atoms with Crippen LogP contribution in [-0.2, 0) is 4.79 Å². The first-order valence-corrected chi connectivity index (χ1v) is 8.67. The zero-order valence-corrected chi connectivity index (χ0v) is 13.9. The number of carbonyl (C=O) groups is 1. The maximum atomic E-state index is 12.6. The highest BCUT2D eigenvalue weighted by atomic mass is 32.2. The van der Waals surface area contributed by atoms with E-state index >= 15 is 0 Å². The Morgan fingerprint density at radius 1 is 1.32 bits per heavy atom. The van der Waals surface area contributed by atoms with E-state index in [9.17, 15) is 4.79 Å². The Labute approximate surface area is 135 Å². The third kappa shape index (κ3) is 3.13. The molecule has 3 rings (SSSR count). The Morgan fingerprint density at radius 2 is 2.09 bits per heavy atom. The summed E-state index contributed by atoms with van der Waals surface area (Å²) in [5.41, 5.74) is 1.06. The van der Waals surface area contributed by atoms with Gasteiger partial charge in [-0.3, -0.25) is 9.20 Å². The summed E-state index contributed by atoms with van der Waals surface area (Å²) in [6.07, 6.45) is 3.83. The first-order valence-electron chi connectivity index (χ1n) is 7.79. The van der Waals surface area contributed by atoms with Crippen LogP contribution in [0.1, 0.15) is 13.8 Å². The van der Waals surface area contributed by atoms with Crippen LogP contribution < -0.4 is 0 Å². The smallest absolute Gasteiger partial charge is 0.235 e. The van der Waals surface area contributed by atoms with E-state index in [0.29, 0.717) is 0 Å². The molecule has 1 atom stereocenters. The van der Waals surface area contributed by atoms with Gasteiger partial charge in [0.05, 0.1) is 17.0 Å². The van der Waals surface area contributed by atoms with Gasteiger partial charge in [0.25, 0.3) is 0 Å². The second-order valence-corrected chi connectivity index (χ2v) is 6.86. The number of imidazole rings is 1. The number of aromatic nitrogens is 2. The SMILES string of the molecule is CCN1CCN(C(=O)C(C)Sc2ncc3ccccn23)CC1. The summed E-state index contributed by atoms with van der Waals surface area (Å²) < 4.78 is 2.03. The van der Waals surface area contributed by atoms with Gasteiger partial charge in [-0.05, 0) is 25.6 Å². The van der Waals surface area contributed by atoms with Crippen LogP contribution >= 0.6 is 11.8 Å². The summed E-state index contributed by atoms with van der Waals surface area (Å²) in [4.78, 5) is 21.4. The number of carbonyl (C=O) groups excluding carboxylic acids is 1. The van der Waals surface area contributed by atoms with Crippen LogP contribution in [0.3, 0.4) is 0 Å². The van der Waals surface area contributed by atoms with Crippen LogP contribution in [0.5, 0.6) is 0 Å². The van der Waals surface area contributed by atoms with Gasteiger partial charge in [0.2, 0.25) is 5.91 Å². The highest BCUT2D eigenvalue weighted by molar-refractivity contribution is 8.00. The lowest BCUT2D eigenvalue weighted by atomic mass is 10.3. The molecule has 1 saturated heterocycles. The van der Waals surface area contributed by atoms with Crippen molar-refractivity contribution in [2.24, 2.45) is 0 Å². The largest absolute Gasteiger partial charge is 0.339 e. The molecule has 0 bridgehead atoms. The van der Waals surface area contributed by atoms with Gasteiger partial charge in [-0.15, -0.1) is 0 Å². The first-order chi connectivity index (χ1) is 10.7. The van der Waals surface area contributed by atoms with E-state index < -0.39 is 0 Å². The molecule has 6 heteroatoms. The van der Waals surface area contributed by atoms with E-state index in [2.05, 4.69) is 16.8 Å². The summed E-state index contributed by atoms with van der Waals surface area (Å²) in [5, 5.41) is 0.766. The van der Waals surface area contributed by atoms with Gasteiger partial charge in [0, 0.05) is 32.4 Å². The Hall–Kier alpha value is -1.53. The van der Waals surface area contributed by atoms with Gasteiger partial charge in [0.1, 0.15) is 0 Å². The number of piperazine rings is 1. The molecule has 0 spiro atoms. The van der Waals surface area contributed by atoms with Crippen molar-refractivity contribution in [1.82, 2.24) is 19.2 Å². The number of nitrogens with zero attached hydrogens (tertiary/aromatic N) is 4. The summed E-state index contributed by atoms with van der Waals surface area (Å²) in [6.45, 7) is 8.83. The predicted molar refractivity (Wildman–Crippen MR) is 89.2 cm³/mol. The first kappa shape index (κ1) is 15.4. The normalized spacial score (nSPS) is 17.8. The monoisotopic (exact) mass is 318 g/mol. The van der Waals surface area contributed by atoms with Crippen LogP contribution in [0.25, 0.3) is 5.52 Å². The molecule has 5 nitrogen and oxygen atoms in total. The Morgan fingerprint density at radius 3 is 2.82 bits per heavy atom. The minimum Gasteiger partial charge on any atom is -0.339 e. The van der Waals surface area contributed by atoms with Crippen LogP contribution in [0.2, 0.25) is 0 Å². The lowest BCUT2D eigenvalue weighted by molar-refractivity contribution is -0.132. The molecule has 0 N–H and O–H groups in total. The molecule has 1 aliphatic heterocycles. The lowest BCUT2D eigenvalue weighted by Gasteiger charge is -2.35. The number of thioether (sulfide) groups is 1. The van der Waals surface area contributed by atoms with Crippen LogP contribution in [0.15, 0.2) is 35.7 Å². The van der Waals surface area contributed by atoms with Gasteiger partial charge in [-0.2, -0.15) is 0 Å². The van der Waals surface area contributed by atoms with Crippen molar-refractivity contribution in [1.29, 1.82) is 0 Å². The average Bonchev–Trinajstić information content (AvgIpc) is 2.97. The molecule has 22 heavy (non-hydrogen) atoms. The van der Waals surface area contributed by atoms with E-state index in [1.54, 1.807) is 0 Å². The summed E-state index contributed by atoms with van der Waals surface area (Å²) in [5.74, 6) is 0.216. The Kier molecular flexibility index (Phi) is 4.69. The van der Waals surface area contributed by atoms with E-state index in [0.717, 1.165) is 43.4 Å². The molecular weight excluding hydrogens is 296 g/mol. The van der Waals surface area contributed by atoms with E-state index in [-0.39, 0.29) is 11.2 Å². The second kappa shape index (κ2) is 6.71. The molecular formula is C16H22N4OS. The zero-order valence-electron chi connectivity index (χ0n) is 13.1. The number of hydrogen-bond acceptors (Lipinski definition) is 4. The third-order valence-corrected chi connectivity index (χ3v) is 5.23. The topological polar surface area (TPSA) is 40.8 Å². The summed E-state index contributed by atoms with van der Waals surface area (Å²) in [6, 6.07) is 6.00. The minimum atomic E-state index is -0.112. The molecule has 3 heterocycles. The standard InChI is InChI=1S/C16H22N4OS/c1-3-18-8-10-19(11-9-18)15(21)13(2)22-16-17-12-14-6-4-5-7-20(14)16/h4-7,12-13H,3,8-11H2,1-2H3. The molecule has 0 saturated carbocycles. The van der Waals surface area contributed by atoms with E-state index in [1.807, 2.05) is 46.8 Å². The number of pyridine rings is 1. The van der Waals surface area contributed by atoms with Gasteiger partial charge < -0.3 is 9.80 Å². The Bertz CT molecular complexity index is 648. The highest BCUT2D eigenvalue weighted by Crippen LogP contribution is 2.24. The van der Waals surface area contributed by atoms with E-state index in [1.165, 1.54) is 11.8 Å². The summed E-state index contributed by atoms with van der Waals surface area (Å²) in [7, 11) is 0. The van der Waals surface area contributed by atoms with Crippen molar-refractivity contribution in [2.45, 2.75) is 24.3 Å². The predicted octanol–water partition coefficient (Wildman–Crippen LogP) is 1.98. The molecule has 2 aromatic heterocycles. The molecule has 1 unspecified atom stereocenters. The molecule has 1 fully saturated rings. The molecule has 0 radical (unpaired) electrons. The van der Waals surface area contributed by atoms with Crippen LogP contribution in [0.4, 0.5) is 0 Å². The second-order valence-electron chi connectivity index (χ2n) is 5.56. The lowest BCUT2D eigenvalue weighted by Crippen LogP contribution is -2.50. The molecule has 1 aliphatic rings. The third-order valence-electron chi connectivity index (χ3n) is 4.17. The number of fused-ring (bicyclic) bond motifs is 1. The minimum absolute atomic E-state index is 0.112. The average molecular weight is 318 g/mol. The van der Waals surface area contributed by atoms with Gasteiger partial charge in [0.15, 0.2) is 5.16 Å². The number of hydrogen-bond donors (Lipinski definition) is 0. The van der Waals surface area contributed by atoms with Crippen molar-refractivity contribution >= 4 is 23.2 Å². The highest BCUT2D eigenvalue weighted by Gasteiger charge is 2.25. The maximum absolute atomic E-state index is 12.6. The number of amides is 1. The summed E-state index contributed by atoms with van der Waals surface area (Å²) >= 11 is 1.54. The number of likely N-dealkylation sites (N-methyl/N-ethyl adjacent to an activating group) is 1. The quantitative estimate of drug-likeness (QED) is 0.808. The Balaban J connectivity index is 1.64. The van der Waals surface area contributed by atoms with Crippen molar-refractivity contribution < 1.29 is 4.79 Å². The van der Waals surface area contributed by atoms with Crippen molar-refractivity contribution in [3.8, 4) is 0 Å². The fourth-order valence-corrected chi connectivity index (χ4v) is 3.72. The van der Waals surface area contributed by atoms with Crippen molar-refractivity contribution in [3.05, 3.63) is 30.6 Å². The van der Waals surface area contributed by atoms with E-state index in [4.69, 9.17) is 0 Å². The fraction of sp³-hybridized carbons (Fsp3) is 0.500. The van der Waals surface area contributed by atoms with Gasteiger partial charge >= 0.3 is 0 Å². The number of rotatable bonds is 4. The van der Waals surface area contributed by atoms with Crippen LogP contribution in [0, 0.1) is 0 Å². The van der Waals surface area contributed by atoms with Crippen LogP contribution in [-0.4, -0.2) is 63.1 Å². The molecule has 0 aliphatic carbocycles. The molecule has 2 aromatic rings. The maximum Gasteiger partial charge on any atom is 0.235 e. The molecule has 1 amide bonds. The fourth-order valence-electron chi connectivity index (χ4n) is 2.76. The van der Waals surface area contributed by atoms with Crippen molar-refractivity contribution in [3.63, 3.8) is 0 Å².